The van der Waals surface area contributed by atoms with Gasteiger partial charge in [0.2, 0.25) is 5.91 Å². The van der Waals surface area contributed by atoms with E-state index in [0.717, 1.165) is 39.0 Å². The molecule has 0 saturated carbocycles. The van der Waals surface area contributed by atoms with Crippen LogP contribution in [0.15, 0.2) is 46.9 Å². The Bertz CT molecular complexity index is 892. The van der Waals surface area contributed by atoms with Gasteiger partial charge in [-0.1, -0.05) is 30.0 Å². The summed E-state index contributed by atoms with van der Waals surface area (Å²) in [4.78, 5) is 23.5. The summed E-state index contributed by atoms with van der Waals surface area (Å²) >= 11 is 3.09. The van der Waals surface area contributed by atoms with Crippen LogP contribution in [0.1, 0.15) is 5.56 Å². The van der Waals surface area contributed by atoms with Crippen LogP contribution in [-0.2, 0) is 16.1 Å². The van der Waals surface area contributed by atoms with Crippen molar-refractivity contribution >= 4 is 45.0 Å². The molecule has 1 aromatic carbocycles. The van der Waals surface area contributed by atoms with E-state index in [0.29, 0.717) is 25.5 Å². The molecule has 1 aliphatic rings. The zero-order valence-corrected chi connectivity index (χ0v) is 16.4. The number of nitrogens with zero attached hydrogens (tertiary/aromatic N) is 3. The first-order chi connectivity index (χ1) is 13.3. The number of thiazole rings is 1. The van der Waals surface area contributed by atoms with Gasteiger partial charge < -0.3 is 15.0 Å². The van der Waals surface area contributed by atoms with Gasteiger partial charge in [0.25, 0.3) is 0 Å². The number of carbonyl (C=O) groups is 1. The standard InChI is InChI=1S/C19H20N4O2S2/c24-17(13-26-19-22-15-5-1-2-6-16(15)27-19)21-12-14-4-3-7-20-18(14)23-8-10-25-11-9-23/h1-7H,8-13H2,(H,21,24). The molecule has 4 rings (SSSR count). The van der Waals surface area contributed by atoms with Crippen LogP contribution in [0, 0.1) is 0 Å². The maximum absolute atomic E-state index is 12.3. The van der Waals surface area contributed by atoms with Gasteiger partial charge in [-0.25, -0.2) is 9.97 Å². The molecule has 0 bridgehead atoms. The number of morpholine rings is 1. The van der Waals surface area contributed by atoms with Gasteiger partial charge in [-0.05, 0) is 18.2 Å². The van der Waals surface area contributed by atoms with Gasteiger partial charge in [0.1, 0.15) is 5.82 Å². The molecule has 27 heavy (non-hydrogen) atoms. The van der Waals surface area contributed by atoms with Gasteiger partial charge in [-0.2, -0.15) is 0 Å². The van der Waals surface area contributed by atoms with E-state index in [2.05, 4.69) is 20.2 Å². The Morgan fingerprint density at radius 3 is 2.93 bits per heavy atom. The number of aromatic nitrogens is 2. The number of rotatable bonds is 6. The Balaban J connectivity index is 1.32. The number of para-hydroxylation sites is 1. The molecule has 1 fully saturated rings. The lowest BCUT2D eigenvalue weighted by Crippen LogP contribution is -2.38. The van der Waals surface area contributed by atoms with Crippen molar-refractivity contribution in [3.8, 4) is 0 Å². The van der Waals surface area contributed by atoms with Crippen LogP contribution in [0.5, 0.6) is 0 Å². The van der Waals surface area contributed by atoms with Crippen molar-refractivity contribution in [1.82, 2.24) is 15.3 Å². The van der Waals surface area contributed by atoms with Crippen molar-refractivity contribution in [1.29, 1.82) is 0 Å². The SMILES string of the molecule is O=C(CSc1nc2ccccc2s1)NCc1cccnc1N1CCOCC1. The summed E-state index contributed by atoms with van der Waals surface area (Å²) in [5.41, 5.74) is 2.01. The maximum atomic E-state index is 12.3. The topological polar surface area (TPSA) is 67.4 Å². The van der Waals surface area contributed by atoms with E-state index in [9.17, 15) is 4.79 Å². The summed E-state index contributed by atoms with van der Waals surface area (Å²) in [7, 11) is 0. The second-order valence-corrected chi connectivity index (χ2v) is 8.35. The molecule has 0 atom stereocenters. The molecule has 1 amide bonds. The number of ether oxygens (including phenoxy) is 1. The molecule has 0 radical (unpaired) electrons. The Kier molecular flexibility index (Phi) is 5.86. The number of benzene rings is 1. The van der Waals surface area contributed by atoms with Crippen LogP contribution >= 0.6 is 23.1 Å². The highest BCUT2D eigenvalue weighted by Crippen LogP contribution is 2.29. The van der Waals surface area contributed by atoms with Gasteiger partial charge in [0.15, 0.2) is 4.34 Å². The minimum Gasteiger partial charge on any atom is -0.378 e. The minimum absolute atomic E-state index is 0.00367. The third-order valence-corrected chi connectivity index (χ3v) is 6.43. The molecule has 3 aromatic rings. The van der Waals surface area contributed by atoms with E-state index in [1.807, 2.05) is 36.4 Å². The van der Waals surface area contributed by atoms with Gasteiger partial charge >= 0.3 is 0 Å². The number of amides is 1. The predicted octanol–water partition coefficient (Wildman–Crippen LogP) is 2.94. The van der Waals surface area contributed by atoms with Crippen molar-refractivity contribution < 1.29 is 9.53 Å². The van der Waals surface area contributed by atoms with Crippen LogP contribution in [0.2, 0.25) is 0 Å². The van der Waals surface area contributed by atoms with Crippen LogP contribution in [-0.4, -0.2) is 47.9 Å². The normalized spacial score (nSPS) is 14.4. The van der Waals surface area contributed by atoms with Gasteiger partial charge in [-0.3, -0.25) is 4.79 Å². The second-order valence-electron chi connectivity index (χ2n) is 6.10. The molecule has 0 aliphatic carbocycles. The number of anilines is 1. The molecule has 0 unspecified atom stereocenters. The fourth-order valence-electron chi connectivity index (χ4n) is 2.91. The number of pyridine rings is 1. The summed E-state index contributed by atoms with van der Waals surface area (Å²) in [6, 6.07) is 11.9. The first-order valence-electron chi connectivity index (χ1n) is 8.81. The average molecular weight is 401 g/mol. The van der Waals surface area contributed by atoms with Crippen LogP contribution in [0.3, 0.4) is 0 Å². The van der Waals surface area contributed by atoms with Crippen LogP contribution < -0.4 is 10.2 Å². The van der Waals surface area contributed by atoms with Gasteiger partial charge in [-0.15, -0.1) is 11.3 Å². The highest BCUT2D eigenvalue weighted by atomic mass is 32.2. The molecule has 1 N–H and O–H groups in total. The first-order valence-corrected chi connectivity index (χ1v) is 10.6. The van der Waals surface area contributed by atoms with Crippen molar-refractivity contribution in [3.05, 3.63) is 48.2 Å². The molecular formula is C19H20N4O2S2. The molecule has 8 heteroatoms. The molecular weight excluding hydrogens is 380 g/mol. The summed E-state index contributed by atoms with van der Waals surface area (Å²) in [5, 5.41) is 3.00. The third kappa shape index (κ3) is 4.58. The summed E-state index contributed by atoms with van der Waals surface area (Å²) in [5.74, 6) is 1.28. The van der Waals surface area contributed by atoms with Gasteiger partial charge in [0, 0.05) is 31.4 Å². The van der Waals surface area contributed by atoms with E-state index in [4.69, 9.17) is 4.74 Å². The fourth-order valence-corrected chi connectivity index (χ4v) is 4.81. The predicted molar refractivity (Wildman–Crippen MR) is 109 cm³/mol. The molecule has 6 nitrogen and oxygen atoms in total. The number of nitrogens with one attached hydrogen (secondary N) is 1. The van der Waals surface area contributed by atoms with Crippen molar-refractivity contribution in [2.45, 2.75) is 10.9 Å². The zero-order valence-electron chi connectivity index (χ0n) is 14.8. The number of hydrogen-bond acceptors (Lipinski definition) is 7. The van der Waals surface area contributed by atoms with E-state index < -0.39 is 0 Å². The maximum Gasteiger partial charge on any atom is 0.230 e. The number of thioether (sulfide) groups is 1. The van der Waals surface area contributed by atoms with Crippen molar-refractivity contribution in [2.75, 3.05) is 37.0 Å². The summed E-state index contributed by atoms with van der Waals surface area (Å²) < 4.78 is 7.47. The monoisotopic (exact) mass is 400 g/mol. The number of fused-ring (bicyclic) bond motifs is 1. The van der Waals surface area contributed by atoms with E-state index in [1.54, 1.807) is 17.5 Å². The highest BCUT2D eigenvalue weighted by molar-refractivity contribution is 8.01. The van der Waals surface area contributed by atoms with Crippen LogP contribution in [0.4, 0.5) is 5.82 Å². The molecule has 2 aromatic heterocycles. The molecule has 1 saturated heterocycles. The molecule has 1 aliphatic heterocycles. The first kappa shape index (κ1) is 18.2. The smallest absolute Gasteiger partial charge is 0.230 e. The largest absolute Gasteiger partial charge is 0.378 e. The average Bonchev–Trinajstić information content (AvgIpc) is 3.15. The zero-order chi connectivity index (χ0) is 18.5. The Morgan fingerprint density at radius 2 is 2.07 bits per heavy atom. The van der Waals surface area contributed by atoms with Crippen molar-refractivity contribution in [2.24, 2.45) is 0 Å². The quantitative estimate of drug-likeness (QED) is 0.642. The fraction of sp³-hybridized carbons (Fsp3) is 0.316. The summed E-state index contributed by atoms with van der Waals surface area (Å²) in [6.45, 7) is 3.54. The lowest BCUT2D eigenvalue weighted by Gasteiger charge is -2.29. The summed E-state index contributed by atoms with van der Waals surface area (Å²) in [6.07, 6.45) is 1.79. The molecule has 3 heterocycles. The molecule has 0 spiro atoms. The number of carbonyl (C=O) groups excluding carboxylic acids is 1. The minimum atomic E-state index is -0.00367. The Labute approximate surface area is 166 Å². The lowest BCUT2D eigenvalue weighted by atomic mass is 10.2. The lowest BCUT2D eigenvalue weighted by molar-refractivity contribution is -0.118. The molecule has 140 valence electrons. The van der Waals surface area contributed by atoms with Gasteiger partial charge in [0.05, 0.1) is 29.2 Å². The Hall–Kier alpha value is -2.16. The van der Waals surface area contributed by atoms with E-state index in [-0.39, 0.29) is 5.91 Å². The second kappa shape index (κ2) is 8.69. The van der Waals surface area contributed by atoms with Crippen LogP contribution in [0.25, 0.3) is 10.2 Å². The van der Waals surface area contributed by atoms with E-state index in [1.165, 1.54) is 11.8 Å². The Morgan fingerprint density at radius 1 is 1.22 bits per heavy atom. The third-order valence-electron chi connectivity index (χ3n) is 4.26. The van der Waals surface area contributed by atoms with E-state index >= 15 is 0 Å². The van der Waals surface area contributed by atoms with Crippen molar-refractivity contribution in [3.63, 3.8) is 0 Å². The number of hydrogen-bond donors (Lipinski definition) is 1. The highest BCUT2D eigenvalue weighted by Gasteiger charge is 2.16.